The first-order valence-electron chi connectivity index (χ1n) is 8.43. The van der Waals surface area contributed by atoms with E-state index in [0.717, 1.165) is 16.8 Å². The van der Waals surface area contributed by atoms with E-state index in [1.807, 2.05) is 43.3 Å². The van der Waals surface area contributed by atoms with Crippen molar-refractivity contribution in [3.63, 3.8) is 0 Å². The third-order valence-corrected chi connectivity index (χ3v) is 5.16. The average Bonchev–Trinajstić information content (AvgIpc) is 2.97. The summed E-state index contributed by atoms with van der Waals surface area (Å²) in [4.78, 5) is 14.2. The maximum Gasteiger partial charge on any atom is 0.239 e. The highest BCUT2D eigenvalue weighted by molar-refractivity contribution is 8.15. The minimum Gasteiger partial charge on any atom is -0.378 e. The first-order valence-corrected chi connectivity index (χ1v) is 9.31. The zero-order chi connectivity index (χ0) is 18.5. The molecule has 1 unspecified atom stereocenters. The largest absolute Gasteiger partial charge is 0.378 e. The Hall–Kier alpha value is -2.60. The van der Waals surface area contributed by atoms with E-state index in [9.17, 15) is 4.79 Å². The van der Waals surface area contributed by atoms with Gasteiger partial charge in [-0.1, -0.05) is 53.7 Å². The van der Waals surface area contributed by atoms with Crippen LogP contribution in [0.3, 0.4) is 0 Å². The van der Waals surface area contributed by atoms with Gasteiger partial charge in [-0.05, 0) is 36.6 Å². The van der Waals surface area contributed by atoms with E-state index >= 15 is 0 Å². The first kappa shape index (κ1) is 18.2. The smallest absolute Gasteiger partial charge is 0.239 e. The Morgan fingerprint density at radius 3 is 2.46 bits per heavy atom. The molecule has 0 radical (unpaired) electrons. The molecular weight excluding hydrogens is 344 g/mol. The Bertz CT molecular complexity index is 826. The molecule has 1 heterocycles. The summed E-state index contributed by atoms with van der Waals surface area (Å²) in [6.07, 6.45) is 2.37. The van der Waals surface area contributed by atoms with Gasteiger partial charge in [-0.2, -0.15) is 5.10 Å². The molecule has 1 atom stereocenters. The molecule has 1 N–H and O–H groups in total. The number of nitrogens with one attached hydrogen (secondary N) is 1. The molecule has 2 aromatic carbocycles. The Kier molecular flexibility index (Phi) is 5.73. The normalized spacial score (nSPS) is 18.5. The molecule has 134 valence electrons. The Morgan fingerprint density at radius 1 is 1.12 bits per heavy atom. The van der Waals surface area contributed by atoms with Crippen LogP contribution in [-0.2, 0) is 11.2 Å². The lowest BCUT2D eigenvalue weighted by Gasteiger charge is -2.11. The lowest BCUT2D eigenvalue weighted by Crippen LogP contribution is -2.25. The molecule has 0 saturated carbocycles. The van der Waals surface area contributed by atoms with Gasteiger partial charge in [0.15, 0.2) is 5.17 Å². The van der Waals surface area contributed by atoms with E-state index in [-0.39, 0.29) is 11.2 Å². The summed E-state index contributed by atoms with van der Waals surface area (Å²) in [5.74, 6) is -0.0140. The monoisotopic (exact) mass is 366 g/mol. The Labute approximate surface area is 158 Å². The van der Waals surface area contributed by atoms with E-state index in [0.29, 0.717) is 11.6 Å². The summed E-state index contributed by atoms with van der Waals surface area (Å²) < 4.78 is 0. The highest BCUT2D eigenvalue weighted by Crippen LogP contribution is 2.23. The quantitative estimate of drug-likeness (QED) is 0.653. The minimum atomic E-state index is -0.161. The number of aryl methyl sites for hydroxylation is 1. The third-order valence-electron chi connectivity index (χ3n) is 4.08. The van der Waals surface area contributed by atoms with Crippen LogP contribution in [0.5, 0.6) is 0 Å². The number of rotatable bonds is 5. The van der Waals surface area contributed by atoms with Crippen LogP contribution in [0.4, 0.5) is 5.69 Å². The van der Waals surface area contributed by atoms with Crippen molar-refractivity contribution in [3.8, 4) is 0 Å². The molecule has 0 spiro atoms. The number of thioether (sulfide) groups is 1. The van der Waals surface area contributed by atoms with Crippen molar-refractivity contribution in [1.82, 2.24) is 5.32 Å². The summed E-state index contributed by atoms with van der Waals surface area (Å²) in [5, 5.41) is 11.4. The summed E-state index contributed by atoms with van der Waals surface area (Å²) in [5.41, 5.74) is 4.46. The first-order chi connectivity index (χ1) is 12.5. The number of carbonyl (C=O) groups is 1. The molecule has 0 aliphatic carbocycles. The van der Waals surface area contributed by atoms with E-state index in [1.165, 1.54) is 17.3 Å². The fraction of sp³-hybridized carbons (Fsp3) is 0.250. The SMILES string of the molecule is Cc1ccc(CC2S/C(=N\N=C/c3ccc(N(C)C)cc3)NC2=O)cc1. The topological polar surface area (TPSA) is 57.1 Å². The number of hydrogen-bond acceptors (Lipinski definition) is 5. The van der Waals surface area contributed by atoms with Crippen LogP contribution in [0.2, 0.25) is 0 Å². The third kappa shape index (κ3) is 4.73. The fourth-order valence-electron chi connectivity index (χ4n) is 2.53. The molecule has 26 heavy (non-hydrogen) atoms. The number of amidine groups is 1. The highest BCUT2D eigenvalue weighted by Gasteiger charge is 2.30. The van der Waals surface area contributed by atoms with Crippen LogP contribution in [0.15, 0.2) is 58.7 Å². The Balaban J connectivity index is 1.59. The van der Waals surface area contributed by atoms with Crippen molar-refractivity contribution in [2.75, 3.05) is 19.0 Å². The van der Waals surface area contributed by atoms with Gasteiger partial charge in [-0.3, -0.25) is 4.79 Å². The second-order valence-corrected chi connectivity index (χ2v) is 7.61. The zero-order valence-corrected chi connectivity index (χ0v) is 16.0. The highest BCUT2D eigenvalue weighted by atomic mass is 32.2. The van der Waals surface area contributed by atoms with E-state index < -0.39 is 0 Å². The molecule has 1 aliphatic rings. The number of carbonyl (C=O) groups excluding carboxylic acids is 1. The van der Waals surface area contributed by atoms with Gasteiger partial charge in [0.05, 0.1) is 11.5 Å². The van der Waals surface area contributed by atoms with Crippen molar-refractivity contribution >= 4 is 34.7 Å². The van der Waals surface area contributed by atoms with E-state index in [2.05, 4.69) is 46.7 Å². The zero-order valence-electron chi connectivity index (χ0n) is 15.1. The molecule has 6 heteroatoms. The van der Waals surface area contributed by atoms with E-state index in [1.54, 1.807) is 6.21 Å². The summed E-state index contributed by atoms with van der Waals surface area (Å²) in [6, 6.07) is 16.3. The predicted molar refractivity (Wildman–Crippen MR) is 110 cm³/mol. The summed E-state index contributed by atoms with van der Waals surface area (Å²) in [7, 11) is 4.00. The maximum absolute atomic E-state index is 12.1. The van der Waals surface area contributed by atoms with Gasteiger partial charge in [0.25, 0.3) is 0 Å². The average molecular weight is 366 g/mol. The van der Waals surface area contributed by atoms with Crippen LogP contribution in [0.25, 0.3) is 0 Å². The van der Waals surface area contributed by atoms with Crippen LogP contribution in [0, 0.1) is 6.92 Å². The molecule has 2 aromatic rings. The van der Waals surface area contributed by atoms with Crippen LogP contribution in [0.1, 0.15) is 16.7 Å². The molecule has 3 rings (SSSR count). The van der Waals surface area contributed by atoms with Crippen LogP contribution >= 0.6 is 11.8 Å². The number of benzene rings is 2. The molecule has 0 aromatic heterocycles. The second-order valence-electron chi connectivity index (χ2n) is 6.42. The van der Waals surface area contributed by atoms with Gasteiger partial charge < -0.3 is 10.2 Å². The molecule has 1 amide bonds. The van der Waals surface area contributed by atoms with Crippen molar-refractivity contribution in [2.45, 2.75) is 18.6 Å². The van der Waals surface area contributed by atoms with Gasteiger partial charge in [0, 0.05) is 19.8 Å². The second kappa shape index (κ2) is 8.19. The number of amides is 1. The van der Waals surface area contributed by atoms with Gasteiger partial charge in [0.1, 0.15) is 0 Å². The predicted octanol–water partition coefficient (Wildman–Crippen LogP) is 3.23. The van der Waals surface area contributed by atoms with E-state index in [4.69, 9.17) is 0 Å². The molecule has 0 bridgehead atoms. The summed E-state index contributed by atoms with van der Waals surface area (Å²) >= 11 is 1.43. The number of nitrogens with zero attached hydrogens (tertiary/aromatic N) is 3. The van der Waals surface area contributed by atoms with Gasteiger partial charge >= 0.3 is 0 Å². The van der Waals surface area contributed by atoms with Gasteiger partial charge in [0.2, 0.25) is 5.91 Å². The molecule has 1 saturated heterocycles. The maximum atomic E-state index is 12.1. The van der Waals surface area contributed by atoms with Crippen molar-refractivity contribution in [1.29, 1.82) is 0 Å². The van der Waals surface area contributed by atoms with Crippen molar-refractivity contribution in [3.05, 3.63) is 65.2 Å². The van der Waals surface area contributed by atoms with Crippen LogP contribution in [-0.4, -0.2) is 36.6 Å². The minimum absolute atomic E-state index is 0.0140. The van der Waals surface area contributed by atoms with Crippen LogP contribution < -0.4 is 10.2 Å². The standard InChI is InChI=1S/C20H22N4OS/c1-14-4-6-15(7-5-14)12-18-19(25)22-20(26-18)23-21-13-16-8-10-17(11-9-16)24(2)3/h4-11,13,18H,12H2,1-3H3,(H,22,23,25)/b21-13-. The molecular formula is C20H22N4OS. The Morgan fingerprint density at radius 2 is 1.81 bits per heavy atom. The fourth-order valence-corrected chi connectivity index (χ4v) is 3.50. The van der Waals surface area contributed by atoms with Crippen molar-refractivity contribution in [2.24, 2.45) is 10.2 Å². The number of anilines is 1. The lowest BCUT2D eigenvalue weighted by atomic mass is 10.1. The van der Waals surface area contributed by atoms with Gasteiger partial charge in [-0.15, -0.1) is 5.10 Å². The number of hydrogen-bond donors (Lipinski definition) is 1. The lowest BCUT2D eigenvalue weighted by molar-refractivity contribution is -0.118. The van der Waals surface area contributed by atoms with Gasteiger partial charge in [-0.25, -0.2) is 0 Å². The molecule has 1 aliphatic heterocycles. The van der Waals surface area contributed by atoms with Crippen molar-refractivity contribution < 1.29 is 4.79 Å². The molecule has 5 nitrogen and oxygen atoms in total. The molecule has 1 fully saturated rings. The summed E-state index contributed by atoms with van der Waals surface area (Å²) in [6.45, 7) is 2.05.